The van der Waals surface area contributed by atoms with Gasteiger partial charge in [-0.05, 0) is 18.6 Å². The summed E-state index contributed by atoms with van der Waals surface area (Å²) < 4.78 is 21.3. The second-order valence-electron chi connectivity index (χ2n) is 5.18. The van der Waals surface area contributed by atoms with Crippen LogP contribution in [0.3, 0.4) is 0 Å². The molecular weight excluding hydrogens is 302 g/mol. The zero-order valence-electron chi connectivity index (χ0n) is 13.4. The van der Waals surface area contributed by atoms with Crippen molar-refractivity contribution in [1.82, 2.24) is 5.32 Å². The molecule has 2 atom stereocenters. The summed E-state index contributed by atoms with van der Waals surface area (Å²) in [7, 11) is 3.07. The first kappa shape index (κ1) is 17.5. The predicted octanol–water partition coefficient (Wildman–Crippen LogP) is 0.600. The standard InChI is InChI=1S/C16H23NO6/c1-20-12-7-11(8-13(9-12)21-2)16(19)17-14-3-5-22-10-15(14)23-6-4-18/h7-9,14-15,18H,3-6,10H2,1-2H3,(H,17,19)/t14-,15-/m1/s1. The van der Waals surface area contributed by atoms with E-state index in [2.05, 4.69) is 5.32 Å². The average molecular weight is 325 g/mol. The molecule has 0 unspecified atom stereocenters. The van der Waals surface area contributed by atoms with Gasteiger partial charge in [-0.2, -0.15) is 0 Å². The SMILES string of the molecule is COc1cc(OC)cc(C(=O)N[C@@H]2CCOC[C@H]2OCCO)c1. The van der Waals surface area contributed by atoms with Gasteiger partial charge in [-0.15, -0.1) is 0 Å². The summed E-state index contributed by atoms with van der Waals surface area (Å²) in [6, 6.07) is 4.85. The number of aliphatic hydroxyl groups excluding tert-OH is 1. The van der Waals surface area contributed by atoms with Gasteiger partial charge in [-0.1, -0.05) is 0 Å². The lowest BCUT2D eigenvalue weighted by Gasteiger charge is -2.32. The number of nitrogens with one attached hydrogen (secondary N) is 1. The minimum absolute atomic E-state index is 0.0652. The highest BCUT2D eigenvalue weighted by molar-refractivity contribution is 5.95. The highest BCUT2D eigenvalue weighted by atomic mass is 16.5. The Morgan fingerprint density at radius 2 is 2.00 bits per heavy atom. The smallest absolute Gasteiger partial charge is 0.251 e. The van der Waals surface area contributed by atoms with Gasteiger partial charge in [0.05, 0.1) is 40.1 Å². The summed E-state index contributed by atoms with van der Waals surface area (Å²) in [5.41, 5.74) is 0.452. The predicted molar refractivity (Wildman–Crippen MR) is 83.1 cm³/mol. The van der Waals surface area contributed by atoms with Gasteiger partial charge in [0.15, 0.2) is 0 Å². The monoisotopic (exact) mass is 325 g/mol. The molecule has 1 aromatic rings. The van der Waals surface area contributed by atoms with Gasteiger partial charge in [-0.25, -0.2) is 0 Å². The Morgan fingerprint density at radius 1 is 1.30 bits per heavy atom. The van der Waals surface area contributed by atoms with E-state index in [0.717, 1.165) is 0 Å². The quantitative estimate of drug-likeness (QED) is 0.763. The van der Waals surface area contributed by atoms with Crippen molar-refractivity contribution in [2.24, 2.45) is 0 Å². The molecule has 1 aromatic carbocycles. The summed E-state index contributed by atoms with van der Waals surface area (Å²) in [6.45, 7) is 1.11. The van der Waals surface area contributed by atoms with Crippen LogP contribution in [0.2, 0.25) is 0 Å². The van der Waals surface area contributed by atoms with Crippen LogP contribution in [0.4, 0.5) is 0 Å². The van der Waals surface area contributed by atoms with Crippen LogP contribution in [-0.4, -0.2) is 63.8 Å². The van der Waals surface area contributed by atoms with E-state index in [4.69, 9.17) is 24.1 Å². The minimum Gasteiger partial charge on any atom is -0.497 e. The summed E-state index contributed by atoms with van der Waals surface area (Å²) in [6.07, 6.45) is 0.385. The molecule has 7 nitrogen and oxygen atoms in total. The zero-order chi connectivity index (χ0) is 16.7. The van der Waals surface area contributed by atoms with Gasteiger partial charge in [0, 0.05) is 18.2 Å². The van der Waals surface area contributed by atoms with Crippen LogP contribution in [0.15, 0.2) is 18.2 Å². The Hall–Kier alpha value is -1.83. The third-order valence-corrected chi connectivity index (χ3v) is 3.66. The maximum atomic E-state index is 12.5. The molecule has 0 aromatic heterocycles. The number of aliphatic hydroxyl groups is 1. The van der Waals surface area contributed by atoms with Gasteiger partial charge in [-0.3, -0.25) is 4.79 Å². The van der Waals surface area contributed by atoms with Crippen molar-refractivity contribution in [1.29, 1.82) is 0 Å². The third kappa shape index (κ3) is 4.82. The van der Waals surface area contributed by atoms with Crippen molar-refractivity contribution in [3.05, 3.63) is 23.8 Å². The average Bonchev–Trinajstić information content (AvgIpc) is 2.60. The van der Waals surface area contributed by atoms with Crippen LogP contribution >= 0.6 is 0 Å². The van der Waals surface area contributed by atoms with Crippen LogP contribution in [0.25, 0.3) is 0 Å². The molecule has 7 heteroatoms. The Bertz CT molecular complexity index is 499. The van der Waals surface area contributed by atoms with E-state index < -0.39 is 0 Å². The molecule has 0 bridgehead atoms. The Labute approximate surface area is 135 Å². The molecule has 2 rings (SSSR count). The van der Waals surface area contributed by atoms with Crippen LogP contribution in [0.5, 0.6) is 11.5 Å². The first-order valence-electron chi connectivity index (χ1n) is 7.52. The number of hydrogen-bond donors (Lipinski definition) is 2. The summed E-state index contributed by atoms with van der Waals surface area (Å²) in [5, 5.41) is 11.8. The second-order valence-corrected chi connectivity index (χ2v) is 5.18. The lowest BCUT2D eigenvalue weighted by atomic mass is 10.0. The molecule has 1 amide bonds. The van der Waals surface area contributed by atoms with Crippen LogP contribution in [0.1, 0.15) is 16.8 Å². The lowest BCUT2D eigenvalue weighted by molar-refractivity contribution is -0.0737. The molecule has 128 valence electrons. The second kappa shape index (κ2) is 8.71. The number of amides is 1. The molecule has 1 aliphatic heterocycles. The number of benzene rings is 1. The Morgan fingerprint density at radius 3 is 2.61 bits per heavy atom. The number of ether oxygens (including phenoxy) is 4. The van der Waals surface area contributed by atoms with Gasteiger partial charge in [0.2, 0.25) is 0 Å². The molecular formula is C16H23NO6. The first-order valence-corrected chi connectivity index (χ1v) is 7.52. The highest BCUT2D eigenvalue weighted by Gasteiger charge is 2.28. The molecule has 0 radical (unpaired) electrons. The highest BCUT2D eigenvalue weighted by Crippen LogP contribution is 2.23. The summed E-state index contributed by atoms with van der Waals surface area (Å²) >= 11 is 0. The van der Waals surface area contributed by atoms with Crippen molar-refractivity contribution >= 4 is 5.91 Å². The van der Waals surface area contributed by atoms with Gasteiger partial charge < -0.3 is 29.4 Å². The fourth-order valence-electron chi connectivity index (χ4n) is 2.44. The van der Waals surface area contributed by atoms with Crippen molar-refractivity contribution in [3.8, 4) is 11.5 Å². The molecule has 0 spiro atoms. The minimum atomic E-state index is -0.271. The number of hydrogen-bond acceptors (Lipinski definition) is 6. The van der Waals surface area contributed by atoms with Crippen molar-refractivity contribution in [2.75, 3.05) is 40.6 Å². The molecule has 1 saturated heterocycles. The van der Waals surface area contributed by atoms with Crippen molar-refractivity contribution in [3.63, 3.8) is 0 Å². The van der Waals surface area contributed by atoms with E-state index in [0.29, 0.717) is 36.7 Å². The maximum Gasteiger partial charge on any atom is 0.251 e. The molecule has 0 aliphatic carbocycles. The number of rotatable bonds is 7. The fraction of sp³-hybridized carbons (Fsp3) is 0.562. The molecule has 23 heavy (non-hydrogen) atoms. The van der Waals surface area contributed by atoms with Crippen molar-refractivity contribution < 1.29 is 28.8 Å². The zero-order valence-corrected chi connectivity index (χ0v) is 13.4. The first-order chi connectivity index (χ1) is 11.2. The number of carbonyl (C=O) groups excluding carboxylic acids is 1. The molecule has 2 N–H and O–H groups in total. The van der Waals surface area contributed by atoms with Crippen LogP contribution in [0, 0.1) is 0 Å². The molecule has 1 aliphatic rings. The fourth-order valence-corrected chi connectivity index (χ4v) is 2.44. The largest absolute Gasteiger partial charge is 0.497 e. The van der Waals surface area contributed by atoms with E-state index in [1.807, 2.05) is 0 Å². The van der Waals surface area contributed by atoms with Crippen molar-refractivity contribution in [2.45, 2.75) is 18.6 Å². The molecule has 0 saturated carbocycles. The van der Waals surface area contributed by atoms with Crippen LogP contribution in [-0.2, 0) is 9.47 Å². The van der Waals surface area contributed by atoms with E-state index in [-0.39, 0.29) is 31.3 Å². The van der Waals surface area contributed by atoms with Gasteiger partial charge in [0.1, 0.15) is 17.6 Å². The maximum absolute atomic E-state index is 12.5. The van der Waals surface area contributed by atoms with E-state index in [1.54, 1.807) is 18.2 Å². The number of methoxy groups -OCH3 is 2. The van der Waals surface area contributed by atoms with E-state index in [1.165, 1.54) is 14.2 Å². The summed E-state index contributed by atoms with van der Waals surface area (Å²) in [5.74, 6) is 0.871. The molecule has 1 heterocycles. The topological polar surface area (TPSA) is 86.3 Å². The van der Waals surface area contributed by atoms with Gasteiger partial charge >= 0.3 is 0 Å². The Balaban J connectivity index is 2.07. The van der Waals surface area contributed by atoms with E-state index in [9.17, 15) is 4.79 Å². The van der Waals surface area contributed by atoms with Crippen LogP contribution < -0.4 is 14.8 Å². The number of carbonyl (C=O) groups is 1. The normalized spacial score (nSPS) is 20.8. The van der Waals surface area contributed by atoms with E-state index >= 15 is 0 Å². The lowest BCUT2D eigenvalue weighted by Crippen LogP contribution is -2.50. The Kier molecular flexibility index (Phi) is 6.64. The third-order valence-electron chi connectivity index (χ3n) is 3.66. The summed E-state index contributed by atoms with van der Waals surface area (Å²) in [4.78, 5) is 12.5. The van der Waals surface area contributed by atoms with Gasteiger partial charge in [0.25, 0.3) is 5.91 Å². The molecule has 1 fully saturated rings.